The fourth-order valence-corrected chi connectivity index (χ4v) is 6.44. The van der Waals surface area contributed by atoms with E-state index in [4.69, 9.17) is 4.52 Å². The molecule has 7 rings (SSSR count). The molecular formula is C21H21F2N5O4S. The normalized spacial score (nSPS) is 28.6. The number of fused-ring (bicyclic) bond motifs is 3. The van der Waals surface area contributed by atoms with Crippen molar-refractivity contribution in [3.05, 3.63) is 41.9 Å². The lowest BCUT2D eigenvalue weighted by Gasteiger charge is -2.44. The first-order valence-corrected chi connectivity index (χ1v) is 12.2. The molecular weight excluding hydrogens is 456 g/mol. The second-order valence-corrected chi connectivity index (χ2v) is 10.9. The van der Waals surface area contributed by atoms with Crippen LogP contribution >= 0.6 is 0 Å². The van der Waals surface area contributed by atoms with Gasteiger partial charge in [0.1, 0.15) is 6.26 Å². The van der Waals surface area contributed by atoms with E-state index in [1.807, 2.05) is 6.08 Å². The topological polar surface area (TPSA) is 99.8 Å². The van der Waals surface area contributed by atoms with E-state index in [9.17, 15) is 22.0 Å². The zero-order chi connectivity index (χ0) is 23.1. The third kappa shape index (κ3) is 3.06. The van der Waals surface area contributed by atoms with Gasteiger partial charge in [0.25, 0.3) is 11.8 Å². The number of carbonyl (C=O) groups is 1. The maximum atomic E-state index is 13.5. The van der Waals surface area contributed by atoms with E-state index in [1.54, 1.807) is 17.0 Å². The summed E-state index contributed by atoms with van der Waals surface area (Å²) in [7, 11) is -2.57. The monoisotopic (exact) mass is 477 g/mol. The lowest BCUT2D eigenvalue weighted by molar-refractivity contribution is 0.0599. The molecule has 3 unspecified atom stereocenters. The highest BCUT2D eigenvalue weighted by atomic mass is 32.2. The number of nitrogens with zero attached hydrogens (tertiary/aromatic N) is 5. The Hall–Kier alpha value is -3.02. The highest BCUT2D eigenvalue weighted by Crippen LogP contribution is 2.51. The van der Waals surface area contributed by atoms with E-state index in [1.165, 1.54) is 19.4 Å². The van der Waals surface area contributed by atoms with Gasteiger partial charge in [-0.15, -0.1) is 0 Å². The summed E-state index contributed by atoms with van der Waals surface area (Å²) in [6.45, 7) is 0.248. The van der Waals surface area contributed by atoms with E-state index in [0.29, 0.717) is 17.9 Å². The second kappa shape index (κ2) is 6.75. The first kappa shape index (κ1) is 20.6. The van der Waals surface area contributed by atoms with Crippen molar-refractivity contribution >= 4 is 33.2 Å². The van der Waals surface area contributed by atoms with Gasteiger partial charge in [-0.2, -0.15) is 8.42 Å². The molecule has 9 nitrogen and oxygen atoms in total. The summed E-state index contributed by atoms with van der Waals surface area (Å²) in [6, 6.07) is 4.80. The highest BCUT2D eigenvalue weighted by Gasteiger charge is 2.59. The number of hydrogen-bond acceptors (Lipinski definition) is 6. The smallest absolute Gasteiger partial charge is 0.327 e. The van der Waals surface area contributed by atoms with Crippen LogP contribution in [0.1, 0.15) is 35.4 Å². The van der Waals surface area contributed by atoms with Crippen LogP contribution in [0.15, 0.2) is 35.1 Å². The minimum atomic E-state index is -3.95. The van der Waals surface area contributed by atoms with Crippen LogP contribution in [0.3, 0.4) is 0 Å². The lowest BCUT2D eigenvalue weighted by Crippen LogP contribution is -2.49. The number of alkyl halides is 2. The number of rotatable bonds is 4. The predicted octanol–water partition coefficient (Wildman–Crippen LogP) is 2.54. The molecule has 0 spiro atoms. The molecule has 3 atom stereocenters. The first-order valence-electron chi connectivity index (χ1n) is 10.8. The summed E-state index contributed by atoms with van der Waals surface area (Å²) < 4.78 is 59.5. The third-order valence-electron chi connectivity index (χ3n) is 7.04. The van der Waals surface area contributed by atoms with Gasteiger partial charge in [-0.05, 0) is 30.5 Å². The number of aromatic nitrogens is 2. The fourth-order valence-electron chi connectivity index (χ4n) is 5.03. The predicted molar refractivity (Wildman–Crippen MR) is 114 cm³/mol. The van der Waals surface area contributed by atoms with Crippen molar-refractivity contribution in [3.8, 4) is 0 Å². The number of hydrogen-bond donors (Lipinski definition) is 0. The van der Waals surface area contributed by atoms with Crippen molar-refractivity contribution in [2.45, 2.75) is 31.2 Å². The highest BCUT2D eigenvalue weighted by molar-refractivity contribution is 7.94. The molecule has 1 saturated heterocycles. The third-order valence-corrected chi connectivity index (χ3v) is 8.81. The standard InChI is InChI=1S/C21H21F2N5O4S/c1-26-19-18(28(33(26,30)31)11-13-9-21(13,22)23)5-4-16(24-19)15-8-14-3-2-12(15)10-27(14)20(29)17-6-7-32-25-17/h4-8,12-14H,2-3,9-11H2,1H3. The second-order valence-electron chi connectivity index (χ2n) is 9.01. The van der Waals surface area contributed by atoms with E-state index < -0.39 is 22.0 Å². The van der Waals surface area contributed by atoms with Gasteiger partial charge in [0.15, 0.2) is 11.5 Å². The molecule has 2 fully saturated rings. The van der Waals surface area contributed by atoms with Gasteiger partial charge in [-0.1, -0.05) is 11.2 Å². The summed E-state index contributed by atoms with van der Waals surface area (Å²) in [5.74, 6) is -3.69. The maximum absolute atomic E-state index is 13.5. The minimum Gasteiger partial charge on any atom is -0.364 e. The SMILES string of the molecule is CN1c2nc(C3=CC4CCC3CN4C(=O)c3ccon3)ccc2N(CC2CC2(F)F)S1(=O)=O. The summed E-state index contributed by atoms with van der Waals surface area (Å²) in [6.07, 6.45) is 4.78. The molecule has 3 aliphatic heterocycles. The average molecular weight is 477 g/mol. The first-order chi connectivity index (χ1) is 15.7. The maximum Gasteiger partial charge on any atom is 0.327 e. The molecule has 1 amide bonds. The summed E-state index contributed by atoms with van der Waals surface area (Å²) in [4.78, 5) is 19.2. The van der Waals surface area contributed by atoms with Crippen LogP contribution in [0, 0.1) is 11.8 Å². The van der Waals surface area contributed by atoms with Gasteiger partial charge in [0.2, 0.25) is 0 Å². The Kier molecular flexibility index (Phi) is 4.21. The van der Waals surface area contributed by atoms with E-state index in [0.717, 1.165) is 27.0 Å². The van der Waals surface area contributed by atoms with Crippen LogP contribution in [0.4, 0.5) is 20.3 Å². The fraction of sp³-hybridized carbons (Fsp3) is 0.476. The van der Waals surface area contributed by atoms with Gasteiger partial charge < -0.3 is 9.42 Å². The van der Waals surface area contributed by atoms with Crippen molar-refractivity contribution < 1.29 is 26.5 Å². The molecule has 2 bridgehead atoms. The summed E-state index contributed by atoms with van der Waals surface area (Å²) in [5, 5.41) is 3.74. The van der Waals surface area contributed by atoms with Crippen molar-refractivity contribution in [2.24, 2.45) is 11.8 Å². The minimum absolute atomic E-state index is 0.0565. The quantitative estimate of drug-likeness (QED) is 0.671. The zero-order valence-electron chi connectivity index (χ0n) is 17.7. The van der Waals surface area contributed by atoms with Crippen molar-refractivity contribution in [3.63, 3.8) is 0 Å². The lowest BCUT2D eigenvalue weighted by atomic mass is 9.78. The molecule has 1 saturated carbocycles. The number of anilines is 2. The molecule has 2 aromatic heterocycles. The number of pyridine rings is 1. The molecule has 0 radical (unpaired) electrons. The molecule has 33 heavy (non-hydrogen) atoms. The summed E-state index contributed by atoms with van der Waals surface area (Å²) >= 11 is 0. The summed E-state index contributed by atoms with van der Waals surface area (Å²) in [5.41, 5.74) is 2.18. The average Bonchev–Trinajstić information content (AvgIpc) is 3.14. The van der Waals surface area contributed by atoms with Crippen LogP contribution < -0.4 is 8.61 Å². The van der Waals surface area contributed by atoms with Gasteiger partial charge in [0, 0.05) is 44.5 Å². The Morgan fingerprint density at radius 2 is 2.06 bits per heavy atom. The van der Waals surface area contributed by atoms with E-state index in [-0.39, 0.29) is 42.3 Å². The molecule has 2 aliphatic carbocycles. The van der Waals surface area contributed by atoms with Gasteiger partial charge >= 0.3 is 10.2 Å². The number of amides is 1. The zero-order valence-corrected chi connectivity index (χ0v) is 18.5. The molecule has 0 N–H and O–H groups in total. The molecule has 174 valence electrons. The van der Waals surface area contributed by atoms with Crippen molar-refractivity contribution in [1.29, 1.82) is 0 Å². The van der Waals surface area contributed by atoms with Crippen LogP contribution in [-0.2, 0) is 10.2 Å². The van der Waals surface area contributed by atoms with Crippen molar-refractivity contribution in [1.82, 2.24) is 15.0 Å². The molecule has 5 aliphatic rings. The molecule has 5 heterocycles. The van der Waals surface area contributed by atoms with Gasteiger partial charge in [-0.3, -0.25) is 4.79 Å². The Balaban J connectivity index is 1.30. The number of piperidine rings is 1. The molecule has 12 heteroatoms. The molecule has 0 aromatic carbocycles. The van der Waals surface area contributed by atoms with Crippen LogP contribution in [-0.4, -0.2) is 61.5 Å². The van der Waals surface area contributed by atoms with E-state index in [2.05, 4.69) is 10.1 Å². The van der Waals surface area contributed by atoms with Crippen LogP contribution in [0.2, 0.25) is 0 Å². The van der Waals surface area contributed by atoms with Crippen LogP contribution in [0.25, 0.3) is 5.57 Å². The van der Waals surface area contributed by atoms with E-state index >= 15 is 0 Å². The van der Waals surface area contributed by atoms with Gasteiger partial charge in [-0.25, -0.2) is 22.4 Å². The van der Waals surface area contributed by atoms with Crippen molar-refractivity contribution in [2.75, 3.05) is 28.7 Å². The van der Waals surface area contributed by atoms with Gasteiger partial charge in [0.05, 0.1) is 17.4 Å². The Morgan fingerprint density at radius 1 is 1.27 bits per heavy atom. The molecule has 2 aromatic rings. The Bertz CT molecular complexity index is 1280. The Labute approximate surface area is 188 Å². The number of halogens is 2. The van der Waals surface area contributed by atoms with Crippen LogP contribution in [0.5, 0.6) is 0 Å². The largest absolute Gasteiger partial charge is 0.364 e. The number of carbonyl (C=O) groups excluding carboxylic acids is 1. The Morgan fingerprint density at radius 3 is 2.70 bits per heavy atom.